The second-order valence-electron chi connectivity index (χ2n) is 5.71. The van der Waals surface area contributed by atoms with Crippen LogP contribution in [0.3, 0.4) is 0 Å². The zero-order valence-corrected chi connectivity index (χ0v) is 15.0. The highest BCUT2D eigenvalue weighted by atomic mass is 32.1. The van der Waals surface area contributed by atoms with E-state index >= 15 is 0 Å². The predicted octanol–water partition coefficient (Wildman–Crippen LogP) is 3.47. The summed E-state index contributed by atoms with van der Waals surface area (Å²) in [6.45, 7) is 1.99. The summed E-state index contributed by atoms with van der Waals surface area (Å²) in [5, 5.41) is 27.8. The van der Waals surface area contributed by atoms with E-state index in [1.165, 1.54) is 23.6 Å². The van der Waals surface area contributed by atoms with Gasteiger partial charge in [-0.15, -0.1) is 11.3 Å². The standard InChI is InChI=1S/C19H15N3O4S/c1-12-2-5-14(6-3-12)15-8-9-27-18(15)19(24)21-20-11-13-4-7-17(23)16(10-13)22(25)26/h2-11,23H,1H3,(H,21,24)/p-1/b20-11-. The summed E-state index contributed by atoms with van der Waals surface area (Å²) in [5.74, 6) is -1.06. The first-order valence-electron chi connectivity index (χ1n) is 7.89. The Hall–Kier alpha value is -3.52. The average molecular weight is 380 g/mol. The molecule has 0 saturated heterocycles. The molecule has 8 heteroatoms. The molecule has 1 amide bonds. The maximum atomic E-state index is 12.4. The van der Waals surface area contributed by atoms with E-state index in [9.17, 15) is 20.0 Å². The molecule has 0 atom stereocenters. The minimum Gasteiger partial charge on any atom is -0.868 e. The van der Waals surface area contributed by atoms with Crippen LogP contribution in [0.15, 0.2) is 59.0 Å². The largest absolute Gasteiger partial charge is 0.868 e. The minimum absolute atomic E-state index is 0.339. The van der Waals surface area contributed by atoms with Crippen LogP contribution in [0.4, 0.5) is 5.69 Å². The fourth-order valence-electron chi connectivity index (χ4n) is 2.42. The van der Waals surface area contributed by atoms with E-state index in [1.807, 2.05) is 42.6 Å². The van der Waals surface area contributed by atoms with Gasteiger partial charge in [-0.25, -0.2) is 5.43 Å². The van der Waals surface area contributed by atoms with Crippen molar-refractivity contribution in [3.63, 3.8) is 0 Å². The normalized spacial score (nSPS) is 10.9. The molecule has 3 aromatic rings. The first kappa shape index (κ1) is 18.3. The van der Waals surface area contributed by atoms with Crippen LogP contribution in [0.25, 0.3) is 11.1 Å². The Kier molecular flexibility index (Phi) is 5.28. The molecule has 0 unspecified atom stereocenters. The second-order valence-corrected chi connectivity index (χ2v) is 6.63. The van der Waals surface area contributed by atoms with Gasteiger partial charge in [0.25, 0.3) is 11.6 Å². The molecule has 136 valence electrons. The summed E-state index contributed by atoms with van der Waals surface area (Å²) in [7, 11) is 0. The Labute approximate surface area is 158 Å². The fraction of sp³-hybridized carbons (Fsp3) is 0.0526. The first-order chi connectivity index (χ1) is 13.0. The monoisotopic (exact) mass is 380 g/mol. The SMILES string of the molecule is Cc1ccc(-c2ccsc2C(=O)N/N=C\c2ccc([O-])c([N+](=O)[O-])c2)cc1. The number of aryl methyl sites for hydroxylation is 1. The number of carbonyl (C=O) groups is 1. The molecule has 2 aromatic carbocycles. The summed E-state index contributed by atoms with van der Waals surface area (Å²) >= 11 is 1.29. The Morgan fingerprint density at radius 1 is 1.19 bits per heavy atom. The van der Waals surface area contributed by atoms with Crippen LogP contribution in [-0.4, -0.2) is 17.0 Å². The third kappa shape index (κ3) is 4.18. The molecule has 0 spiro atoms. The number of rotatable bonds is 5. The van der Waals surface area contributed by atoms with Crippen molar-refractivity contribution < 1.29 is 14.8 Å². The number of thiophene rings is 1. The molecule has 3 rings (SSSR count). The average Bonchev–Trinajstić information content (AvgIpc) is 3.13. The molecule has 1 N–H and O–H groups in total. The number of benzene rings is 2. The van der Waals surface area contributed by atoms with E-state index in [-0.39, 0.29) is 5.91 Å². The molecule has 1 aromatic heterocycles. The van der Waals surface area contributed by atoms with Crippen LogP contribution in [0.2, 0.25) is 0 Å². The van der Waals surface area contributed by atoms with Crippen LogP contribution in [-0.2, 0) is 0 Å². The Morgan fingerprint density at radius 2 is 1.93 bits per heavy atom. The number of amides is 1. The van der Waals surface area contributed by atoms with Gasteiger partial charge in [0.15, 0.2) is 0 Å². The molecule has 7 nitrogen and oxygen atoms in total. The molecule has 0 fully saturated rings. The van der Waals surface area contributed by atoms with E-state index in [2.05, 4.69) is 10.5 Å². The molecule has 1 heterocycles. The summed E-state index contributed by atoms with van der Waals surface area (Å²) in [6, 6.07) is 13.3. The van der Waals surface area contributed by atoms with Gasteiger partial charge in [-0.05, 0) is 29.7 Å². The molecule has 0 aliphatic carbocycles. The molecule has 27 heavy (non-hydrogen) atoms. The number of hydrogen-bond donors (Lipinski definition) is 1. The Balaban J connectivity index is 1.75. The number of nitro groups is 1. The highest BCUT2D eigenvalue weighted by molar-refractivity contribution is 7.12. The molecule has 0 aliphatic rings. The van der Waals surface area contributed by atoms with Gasteiger partial charge in [0.1, 0.15) is 4.88 Å². The van der Waals surface area contributed by atoms with E-state index in [0.717, 1.165) is 28.8 Å². The third-order valence-electron chi connectivity index (χ3n) is 3.79. The number of nitrogens with zero attached hydrogens (tertiary/aromatic N) is 2. The van der Waals surface area contributed by atoms with Crippen LogP contribution >= 0.6 is 11.3 Å². The number of hydrazone groups is 1. The van der Waals surface area contributed by atoms with Crippen molar-refractivity contribution in [3.05, 3.63) is 80.0 Å². The van der Waals surface area contributed by atoms with E-state index in [0.29, 0.717) is 10.4 Å². The highest BCUT2D eigenvalue weighted by Crippen LogP contribution is 2.28. The van der Waals surface area contributed by atoms with Crippen molar-refractivity contribution in [2.45, 2.75) is 6.92 Å². The van der Waals surface area contributed by atoms with Gasteiger partial charge in [0.05, 0.1) is 11.1 Å². The molecule has 0 radical (unpaired) electrons. The molecule has 0 bridgehead atoms. The van der Waals surface area contributed by atoms with E-state index in [4.69, 9.17) is 0 Å². The molecule has 0 aliphatic heterocycles. The smallest absolute Gasteiger partial charge is 0.282 e. The number of carbonyl (C=O) groups excluding carboxylic acids is 1. The first-order valence-corrected chi connectivity index (χ1v) is 8.77. The van der Waals surface area contributed by atoms with Gasteiger partial charge < -0.3 is 5.11 Å². The predicted molar refractivity (Wildman–Crippen MR) is 102 cm³/mol. The van der Waals surface area contributed by atoms with Crippen molar-refractivity contribution in [1.82, 2.24) is 5.43 Å². The maximum Gasteiger partial charge on any atom is 0.282 e. The minimum atomic E-state index is -0.752. The van der Waals surface area contributed by atoms with E-state index < -0.39 is 16.4 Å². The van der Waals surface area contributed by atoms with Gasteiger partial charge in [-0.1, -0.05) is 42.0 Å². The topological polar surface area (TPSA) is 108 Å². The molecular weight excluding hydrogens is 366 g/mol. The van der Waals surface area contributed by atoms with Crippen molar-refractivity contribution in [2.75, 3.05) is 0 Å². The van der Waals surface area contributed by atoms with Crippen molar-refractivity contribution in [3.8, 4) is 16.9 Å². The van der Waals surface area contributed by atoms with Gasteiger partial charge in [-0.2, -0.15) is 5.10 Å². The number of nitro benzene ring substituents is 1. The molecular formula is C19H14N3O4S-. The summed E-state index contributed by atoms with van der Waals surface area (Å²) < 4.78 is 0. The Morgan fingerprint density at radius 3 is 2.63 bits per heavy atom. The number of nitrogens with one attached hydrogen (secondary N) is 1. The maximum absolute atomic E-state index is 12.4. The number of hydrogen-bond acceptors (Lipinski definition) is 6. The third-order valence-corrected chi connectivity index (χ3v) is 4.71. The zero-order chi connectivity index (χ0) is 19.4. The van der Waals surface area contributed by atoms with Gasteiger partial charge in [0, 0.05) is 17.2 Å². The second kappa shape index (κ2) is 7.79. The Bertz CT molecular complexity index is 1030. The lowest BCUT2D eigenvalue weighted by Crippen LogP contribution is -2.17. The van der Waals surface area contributed by atoms with Crippen LogP contribution in [0, 0.1) is 17.0 Å². The van der Waals surface area contributed by atoms with Crippen LogP contribution in [0.5, 0.6) is 5.75 Å². The summed E-state index contributed by atoms with van der Waals surface area (Å²) in [5.41, 5.74) is 5.07. The van der Waals surface area contributed by atoms with Crippen LogP contribution in [0.1, 0.15) is 20.8 Å². The summed E-state index contributed by atoms with van der Waals surface area (Å²) in [4.78, 5) is 23.0. The van der Waals surface area contributed by atoms with Crippen molar-refractivity contribution in [1.29, 1.82) is 0 Å². The lowest BCUT2D eigenvalue weighted by molar-refractivity contribution is -0.398. The highest BCUT2D eigenvalue weighted by Gasteiger charge is 2.14. The van der Waals surface area contributed by atoms with Crippen molar-refractivity contribution in [2.24, 2.45) is 5.10 Å². The van der Waals surface area contributed by atoms with Crippen LogP contribution < -0.4 is 10.5 Å². The van der Waals surface area contributed by atoms with E-state index in [1.54, 1.807) is 0 Å². The lowest BCUT2D eigenvalue weighted by atomic mass is 10.1. The van der Waals surface area contributed by atoms with Crippen molar-refractivity contribution >= 4 is 29.1 Å². The fourth-order valence-corrected chi connectivity index (χ4v) is 3.22. The lowest BCUT2D eigenvalue weighted by Gasteiger charge is -2.06. The van der Waals surface area contributed by atoms with Gasteiger partial charge in [-0.3, -0.25) is 14.9 Å². The molecule has 0 saturated carbocycles. The quantitative estimate of drug-likeness (QED) is 0.415. The zero-order valence-electron chi connectivity index (χ0n) is 14.2. The summed E-state index contributed by atoms with van der Waals surface area (Å²) in [6.07, 6.45) is 1.25. The van der Waals surface area contributed by atoms with Gasteiger partial charge >= 0.3 is 0 Å². The van der Waals surface area contributed by atoms with Gasteiger partial charge in [0.2, 0.25) is 0 Å².